The highest BCUT2D eigenvalue weighted by Gasteiger charge is 2.20. The van der Waals surface area contributed by atoms with E-state index in [1.54, 1.807) is 38.6 Å². The van der Waals surface area contributed by atoms with Crippen molar-refractivity contribution >= 4 is 33.9 Å². The lowest BCUT2D eigenvalue weighted by Gasteiger charge is -2.21. The summed E-state index contributed by atoms with van der Waals surface area (Å²) < 4.78 is 0. The Hall–Kier alpha value is -3.09. The van der Waals surface area contributed by atoms with Gasteiger partial charge >= 0.3 is 0 Å². The molecule has 0 radical (unpaired) electrons. The summed E-state index contributed by atoms with van der Waals surface area (Å²) in [5, 5.41) is 15.1. The van der Waals surface area contributed by atoms with Crippen molar-refractivity contribution in [2.75, 3.05) is 5.32 Å². The molecular formula is C25H28ClN5O. The number of anilines is 1. The largest absolute Gasteiger partial charge is 0.382 e. The second-order valence-electron chi connectivity index (χ2n) is 7.91. The van der Waals surface area contributed by atoms with Gasteiger partial charge in [-0.1, -0.05) is 37.2 Å². The molecule has 3 rings (SSSR count). The van der Waals surface area contributed by atoms with Gasteiger partial charge in [-0.15, -0.1) is 0 Å². The van der Waals surface area contributed by atoms with Crippen LogP contribution in [0, 0.1) is 0 Å². The third-order valence-electron chi connectivity index (χ3n) is 5.02. The number of aromatic nitrogens is 3. The fourth-order valence-electron chi connectivity index (χ4n) is 3.37. The van der Waals surface area contributed by atoms with Crippen LogP contribution < -0.4 is 5.32 Å². The number of hydrogen-bond donors (Lipinski definition) is 2. The predicted molar refractivity (Wildman–Crippen MR) is 133 cm³/mol. The van der Waals surface area contributed by atoms with Crippen LogP contribution in [-0.4, -0.2) is 31.8 Å². The summed E-state index contributed by atoms with van der Waals surface area (Å²) in [6.07, 6.45) is 11.3. The highest BCUT2D eigenvalue weighted by molar-refractivity contribution is 6.34. The van der Waals surface area contributed by atoms with Gasteiger partial charge in [0.15, 0.2) is 5.82 Å². The van der Waals surface area contributed by atoms with Crippen molar-refractivity contribution in [1.29, 1.82) is 0 Å². The first-order valence-electron chi connectivity index (χ1n) is 10.5. The lowest BCUT2D eigenvalue weighted by atomic mass is 10.0. The second kappa shape index (κ2) is 10.0. The number of rotatable bonds is 8. The molecule has 1 atom stereocenters. The maximum atomic E-state index is 10.1. The number of aliphatic imine (C=N–C) groups is 1. The first-order valence-corrected chi connectivity index (χ1v) is 10.9. The fraction of sp³-hybridized carbons (Fsp3) is 0.280. The Morgan fingerprint density at radius 1 is 1.22 bits per heavy atom. The van der Waals surface area contributed by atoms with E-state index in [4.69, 9.17) is 11.6 Å². The molecule has 0 saturated carbocycles. The molecule has 0 saturated heterocycles. The van der Waals surface area contributed by atoms with E-state index >= 15 is 0 Å². The summed E-state index contributed by atoms with van der Waals surface area (Å²) in [7, 11) is 0. The molecule has 166 valence electrons. The second-order valence-corrected chi connectivity index (χ2v) is 8.32. The van der Waals surface area contributed by atoms with Gasteiger partial charge in [0.05, 0.1) is 28.0 Å². The Balaban J connectivity index is 2.06. The van der Waals surface area contributed by atoms with Gasteiger partial charge < -0.3 is 10.4 Å². The zero-order chi connectivity index (χ0) is 23.3. The van der Waals surface area contributed by atoms with Crippen LogP contribution in [0.1, 0.15) is 39.9 Å². The third kappa shape index (κ3) is 5.21. The van der Waals surface area contributed by atoms with Gasteiger partial charge in [-0.2, -0.15) is 0 Å². The van der Waals surface area contributed by atoms with Gasteiger partial charge in [0.25, 0.3) is 0 Å². The van der Waals surface area contributed by atoms with Crippen LogP contribution in [0.25, 0.3) is 22.0 Å². The Labute approximate surface area is 193 Å². The summed E-state index contributed by atoms with van der Waals surface area (Å²) in [6.45, 7) is 11.1. The number of fused-ring (bicyclic) bond motifs is 1. The average molecular weight is 450 g/mol. The summed E-state index contributed by atoms with van der Waals surface area (Å²) >= 11 is 6.58. The van der Waals surface area contributed by atoms with E-state index in [9.17, 15) is 5.11 Å². The van der Waals surface area contributed by atoms with Gasteiger partial charge in [0.2, 0.25) is 0 Å². The molecule has 1 aromatic carbocycles. The van der Waals surface area contributed by atoms with Crippen molar-refractivity contribution in [3.8, 4) is 11.1 Å². The fourth-order valence-corrected chi connectivity index (χ4v) is 3.58. The van der Waals surface area contributed by atoms with Crippen molar-refractivity contribution < 1.29 is 5.11 Å². The molecule has 2 aromatic heterocycles. The summed E-state index contributed by atoms with van der Waals surface area (Å²) in [4.78, 5) is 17.5. The van der Waals surface area contributed by atoms with Crippen molar-refractivity contribution in [2.24, 2.45) is 4.99 Å². The molecule has 0 aliphatic heterocycles. The van der Waals surface area contributed by atoms with Gasteiger partial charge in [-0.3, -0.25) is 9.98 Å². The molecule has 0 spiro atoms. The van der Waals surface area contributed by atoms with Crippen LogP contribution in [0.5, 0.6) is 0 Å². The van der Waals surface area contributed by atoms with Crippen LogP contribution in [0.4, 0.5) is 5.69 Å². The predicted octanol–water partition coefficient (Wildman–Crippen LogP) is 5.92. The Kier molecular flexibility index (Phi) is 7.38. The molecule has 2 N–H and O–H groups in total. The molecular weight excluding hydrogens is 422 g/mol. The molecule has 3 aromatic rings. The Morgan fingerprint density at radius 3 is 2.53 bits per heavy atom. The Bertz CT molecular complexity index is 1160. The molecule has 7 heteroatoms. The molecule has 0 bridgehead atoms. The number of aliphatic hydroxyl groups is 1. The molecule has 0 amide bonds. The van der Waals surface area contributed by atoms with Crippen LogP contribution in [-0.2, 0) is 5.60 Å². The molecule has 0 fully saturated rings. The molecule has 0 aliphatic carbocycles. The van der Waals surface area contributed by atoms with E-state index in [-0.39, 0.29) is 6.04 Å². The number of hydrogen-bond acceptors (Lipinski definition) is 6. The zero-order valence-corrected chi connectivity index (χ0v) is 19.6. The topological polar surface area (TPSA) is 83.3 Å². The van der Waals surface area contributed by atoms with Crippen molar-refractivity contribution in [2.45, 2.75) is 45.8 Å². The first-order chi connectivity index (χ1) is 15.3. The third-order valence-corrected chi connectivity index (χ3v) is 5.30. The van der Waals surface area contributed by atoms with Crippen LogP contribution in [0.15, 0.2) is 66.7 Å². The van der Waals surface area contributed by atoms with E-state index in [0.717, 1.165) is 39.8 Å². The van der Waals surface area contributed by atoms with Crippen LogP contribution >= 0.6 is 11.6 Å². The number of nitrogens with zero attached hydrogens (tertiary/aromatic N) is 4. The highest BCUT2D eigenvalue weighted by Crippen LogP contribution is 2.33. The van der Waals surface area contributed by atoms with Crippen molar-refractivity contribution in [1.82, 2.24) is 15.0 Å². The average Bonchev–Trinajstić information content (AvgIpc) is 2.78. The minimum Gasteiger partial charge on any atom is -0.382 e. The quantitative estimate of drug-likeness (QED) is 0.417. The van der Waals surface area contributed by atoms with Gasteiger partial charge in [-0.05, 0) is 51.0 Å². The van der Waals surface area contributed by atoms with E-state index in [1.165, 1.54) is 0 Å². The van der Waals surface area contributed by atoms with Crippen molar-refractivity contribution in [3.63, 3.8) is 0 Å². The van der Waals surface area contributed by atoms with Gasteiger partial charge in [0.1, 0.15) is 5.60 Å². The van der Waals surface area contributed by atoms with Gasteiger partial charge in [0, 0.05) is 35.7 Å². The molecule has 6 nitrogen and oxygen atoms in total. The normalized spacial score (nSPS) is 13.5. The number of pyridine rings is 1. The number of nitrogens with one attached hydrogen (secondary N) is 1. The van der Waals surface area contributed by atoms with Crippen LogP contribution in [0.2, 0.25) is 5.02 Å². The van der Waals surface area contributed by atoms with E-state index in [1.807, 2.05) is 37.3 Å². The SMILES string of the molecule is C=CN=C(/C=C\C)C(CC)Nc1c(Cl)cnc2ccc(-c3cnc(C(C)(C)O)nc3)cc12. The molecule has 1 unspecified atom stereocenters. The minimum absolute atomic E-state index is 0.0506. The molecule has 0 aliphatic rings. The summed E-state index contributed by atoms with van der Waals surface area (Å²) in [5.74, 6) is 0.373. The van der Waals surface area contributed by atoms with E-state index < -0.39 is 5.60 Å². The minimum atomic E-state index is -1.09. The highest BCUT2D eigenvalue weighted by atomic mass is 35.5. The molecule has 2 heterocycles. The first kappa shape index (κ1) is 23.6. The Morgan fingerprint density at radius 2 is 1.94 bits per heavy atom. The van der Waals surface area contributed by atoms with E-state index in [0.29, 0.717) is 10.8 Å². The standard InChI is InChI=1S/C25H28ClN5O/c1-6-9-22(27-8-3)20(7-2)31-23-18-12-16(10-11-21(18)28-15-19(23)26)17-13-29-24(30-14-17)25(4,5)32/h6,8-15,20,32H,3,7H2,1-2,4-5H3,(H,28,31)/b9-6-,27-22?. The van der Waals surface area contributed by atoms with Crippen molar-refractivity contribution in [3.05, 3.63) is 72.6 Å². The smallest absolute Gasteiger partial charge is 0.159 e. The van der Waals surface area contributed by atoms with Gasteiger partial charge in [-0.25, -0.2) is 9.97 Å². The number of benzene rings is 1. The maximum Gasteiger partial charge on any atom is 0.159 e. The zero-order valence-electron chi connectivity index (χ0n) is 18.8. The lowest BCUT2D eigenvalue weighted by molar-refractivity contribution is 0.0687. The van der Waals surface area contributed by atoms with E-state index in [2.05, 4.69) is 38.8 Å². The number of allylic oxidation sites excluding steroid dienone is 1. The monoisotopic (exact) mass is 449 g/mol. The lowest BCUT2D eigenvalue weighted by Crippen LogP contribution is -2.27. The van der Waals surface area contributed by atoms with Crippen LogP contribution in [0.3, 0.4) is 0 Å². The molecule has 32 heavy (non-hydrogen) atoms. The maximum absolute atomic E-state index is 10.1. The number of halogens is 1. The summed E-state index contributed by atoms with van der Waals surface area (Å²) in [5.41, 5.74) is 3.15. The summed E-state index contributed by atoms with van der Waals surface area (Å²) in [6, 6.07) is 5.88.